The number of nitrogens with two attached hydrogens (primary N) is 1. The number of carbonyl (C=O) groups excluding carboxylic acids is 1. The normalized spacial score (nSPS) is 15.8. The molecule has 0 rings (SSSR count). The molecule has 0 radical (unpaired) electrons. The van der Waals surface area contributed by atoms with Gasteiger partial charge in [0, 0.05) is 9.47 Å². The van der Waals surface area contributed by atoms with Crippen molar-refractivity contribution < 1.29 is 23.2 Å². The number of hydroxylamine groups is 1. The number of primary amides is 1. The average molecular weight is 188 g/mol. The van der Waals surface area contributed by atoms with Crippen LogP contribution in [0.4, 0.5) is 4.79 Å². The summed E-state index contributed by atoms with van der Waals surface area (Å²) in [5, 5.41) is 0. The molecule has 0 saturated carbocycles. The Morgan fingerprint density at radius 3 is 2.60 bits per heavy atom. The zero-order valence-corrected chi connectivity index (χ0v) is 6.73. The van der Waals surface area contributed by atoms with Crippen molar-refractivity contribution in [3.8, 4) is 0 Å². The lowest BCUT2D eigenvalue weighted by molar-refractivity contribution is 0.143. The maximum Gasteiger partial charge on any atom is 0.496 e. The Bertz CT molecular complexity index is 169. The highest BCUT2D eigenvalue weighted by Crippen LogP contribution is 2.43. The molecule has 0 aromatic carbocycles. The first-order valence-electron chi connectivity index (χ1n) is 1.93. The average Bonchev–Trinajstić information content (AvgIpc) is 1.85. The van der Waals surface area contributed by atoms with E-state index in [4.69, 9.17) is 4.89 Å². The summed E-state index contributed by atoms with van der Waals surface area (Å²) in [6.07, 6.45) is 0. The molecule has 0 saturated heterocycles. The van der Waals surface area contributed by atoms with E-state index in [9.17, 15) is 9.36 Å². The molecule has 0 fully saturated rings. The van der Waals surface area contributed by atoms with E-state index in [0.717, 1.165) is 0 Å². The third-order valence-electron chi connectivity index (χ3n) is 0.395. The van der Waals surface area contributed by atoms with Gasteiger partial charge in [0.1, 0.15) is 0 Å². The smallest absolute Gasteiger partial charge is 0.350 e. The van der Waals surface area contributed by atoms with Crippen LogP contribution < -0.4 is 11.2 Å². The summed E-state index contributed by atoms with van der Waals surface area (Å²) in [6.45, 7) is 0. The predicted molar refractivity (Wildman–Crippen MR) is 34.4 cm³/mol. The van der Waals surface area contributed by atoms with Crippen molar-refractivity contribution in [1.29, 1.82) is 0 Å². The van der Waals surface area contributed by atoms with Gasteiger partial charge in [-0.3, -0.25) is 4.31 Å². The highest BCUT2D eigenvalue weighted by Gasteiger charge is 2.19. The van der Waals surface area contributed by atoms with Crippen LogP contribution in [0.2, 0.25) is 0 Å². The van der Waals surface area contributed by atoms with E-state index < -0.39 is 13.9 Å². The summed E-state index contributed by atoms with van der Waals surface area (Å²) in [4.78, 5) is 18.2. The maximum absolute atomic E-state index is 10.3. The second-order valence-electron chi connectivity index (χ2n) is 1.13. The van der Waals surface area contributed by atoms with Crippen molar-refractivity contribution in [2.24, 2.45) is 5.73 Å². The van der Waals surface area contributed by atoms with E-state index in [-0.39, 0.29) is 0 Å². The number of hydrogen-bond acceptors (Lipinski definition) is 4. The van der Waals surface area contributed by atoms with Crippen LogP contribution >= 0.6 is 17.3 Å². The molecule has 60 valence electrons. The number of rotatable bonds is 3. The largest absolute Gasteiger partial charge is 0.496 e. The standard InChI is InChI=1S/CH6N2O5P2/c2-1(4)3-7-10(5,6)8-9/h9H2,(H,5,6)(H3,2,3,4). The number of phosphoric acid groups is 1. The molecule has 0 aromatic heterocycles. The van der Waals surface area contributed by atoms with Gasteiger partial charge in [-0.1, -0.05) is 0 Å². The number of hydrogen-bond donors (Lipinski definition) is 3. The molecule has 2 unspecified atom stereocenters. The Morgan fingerprint density at radius 1 is 1.80 bits per heavy atom. The molecule has 10 heavy (non-hydrogen) atoms. The fourth-order valence-corrected chi connectivity index (χ4v) is 0.502. The molecule has 9 heteroatoms. The van der Waals surface area contributed by atoms with Crippen molar-refractivity contribution in [3.05, 3.63) is 0 Å². The van der Waals surface area contributed by atoms with Crippen LogP contribution in [0, 0.1) is 0 Å². The third-order valence-corrected chi connectivity index (χ3v) is 1.78. The molecule has 2 amide bonds. The summed E-state index contributed by atoms with van der Waals surface area (Å²) in [5.41, 5.74) is 5.91. The Kier molecular flexibility index (Phi) is 3.78. The zero-order chi connectivity index (χ0) is 8.20. The van der Waals surface area contributed by atoms with Crippen LogP contribution in [-0.2, 0) is 13.5 Å². The third kappa shape index (κ3) is 4.67. The van der Waals surface area contributed by atoms with Crippen LogP contribution in [0.15, 0.2) is 0 Å². The lowest BCUT2D eigenvalue weighted by atomic mass is 11.2. The van der Waals surface area contributed by atoms with Crippen LogP contribution in [0.5, 0.6) is 0 Å². The van der Waals surface area contributed by atoms with Crippen molar-refractivity contribution in [1.82, 2.24) is 5.48 Å². The van der Waals surface area contributed by atoms with E-state index in [1.54, 1.807) is 0 Å². The fraction of sp³-hybridized carbons (Fsp3) is 0. The molecule has 7 nitrogen and oxygen atoms in total. The second kappa shape index (κ2) is 3.85. The highest BCUT2D eigenvalue weighted by atomic mass is 31.2. The van der Waals surface area contributed by atoms with Crippen molar-refractivity contribution in [2.75, 3.05) is 0 Å². The molecular weight excluding hydrogens is 182 g/mol. The van der Waals surface area contributed by atoms with Gasteiger partial charge in [-0.2, -0.15) is 4.62 Å². The Morgan fingerprint density at radius 2 is 2.30 bits per heavy atom. The van der Waals surface area contributed by atoms with E-state index in [2.05, 4.69) is 14.7 Å². The van der Waals surface area contributed by atoms with Gasteiger partial charge in [0.05, 0.1) is 0 Å². The van der Waals surface area contributed by atoms with Crippen LogP contribution in [-0.4, -0.2) is 10.9 Å². The number of urea groups is 1. The molecule has 0 bridgehead atoms. The van der Waals surface area contributed by atoms with Crippen molar-refractivity contribution >= 4 is 23.3 Å². The van der Waals surface area contributed by atoms with E-state index in [1.165, 1.54) is 14.9 Å². The number of amides is 2. The highest BCUT2D eigenvalue weighted by molar-refractivity contribution is 7.52. The van der Waals surface area contributed by atoms with Gasteiger partial charge in [0.25, 0.3) is 0 Å². The van der Waals surface area contributed by atoms with Crippen molar-refractivity contribution in [2.45, 2.75) is 0 Å². The topological polar surface area (TPSA) is 111 Å². The van der Waals surface area contributed by atoms with Gasteiger partial charge >= 0.3 is 13.9 Å². The first kappa shape index (κ1) is 9.81. The SMILES string of the molecule is NC(=O)NOP(=O)(O)OP. The fourth-order valence-electron chi connectivity index (χ4n) is 0.124. The molecule has 0 aliphatic carbocycles. The van der Waals surface area contributed by atoms with Crippen LogP contribution in [0.25, 0.3) is 0 Å². The minimum absolute atomic E-state index is 1.09. The molecule has 0 aliphatic rings. The maximum atomic E-state index is 10.3. The molecule has 4 N–H and O–H groups in total. The minimum Gasteiger partial charge on any atom is -0.350 e. The summed E-state index contributed by atoms with van der Waals surface area (Å²) < 4.78 is 17.9. The first-order chi connectivity index (χ1) is 4.48. The second-order valence-corrected chi connectivity index (χ2v) is 3.09. The molecule has 2 atom stereocenters. The first-order valence-corrected chi connectivity index (χ1v) is 3.90. The Hall–Kier alpha value is -0.190. The summed E-state index contributed by atoms with van der Waals surface area (Å²) in [7, 11) is -2.68. The van der Waals surface area contributed by atoms with E-state index >= 15 is 0 Å². The van der Waals surface area contributed by atoms with Gasteiger partial charge in [0.15, 0.2) is 0 Å². The van der Waals surface area contributed by atoms with E-state index in [0.29, 0.717) is 0 Å². The zero-order valence-electron chi connectivity index (χ0n) is 4.68. The Balaban J connectivity index is 3.68. The van der Waals surface area contributed by atoms with E-state index in [1.807, 2.05) is 0 Å². The Labute approximate surface area is 58.7 Å². The molecule has 0 heterocycles. The number of nitrogens with one attached hydrogen (secondary N) is 1. The summed E-state index contributed by atoms with van der Waals surface area (Å²) in [5.74, 6) is 0. The van der Waals surface area contributed by atoms with Gasteiger partial charge in [-0.15, -0.1) is 0 Å². The molecule has 0 spiro atoms. The summed E-state index contributed by atoms with van der Waals surface area (Å²) in [6, 6.07) is -1.09. The van der Waals surface area contributed by atoms with Crippen molar-refractivity contribution in [3.63, 3.8) is 0 Å². The van der Waals surface area contributed by atoms with Gasteiger partial charge in [0.2, 0.25) is 0 Å². The number of carbonyl (C=O) groups is 1. The monoisotopic (exact) mass is 188 g/mol. The molecule has 0 aromatic rings. The van der Waals surface area contributed by atoms with Crippen LogP contribution in [0.3, 0.4) is 0 Å². The van der Waals surface area contributed by atoms with Gasteiger partial charge in [-0.05, 0) is 0 Å². The summed E-state index contributed by atoms with van der Waals surface area (Å²) >= 11 is 0. The molecule has 0 aliphatic heterocycles. The lowest BCUT2D eigenvalue weighted by Gasteiger charge is -2.06. The van der Waals surface area contributed by atoms with Gasteiger partial charge < -0.3 is 10.6 Å². The van der Waals surface area contributed by atoms with Crippen LogP contribution in [0.1, 0.15) is 0 Å². The molecular formula is CH6N2O5P2. The minimum atomic E-state index is -4.18. The quantitative estimate of drug-likeness (QED) is 0.408. The predicted octanol–water partition coefficient (Wildman–Crippen LogP) is -0.507. The lowest BCUT2D eigenvalue weighted by Crippen LogP contribution is -2.28. The van der Waals surface area contributed by atoms with Gasteiger partial charge in [-0.25, -0.2) is 14.8 Å².